The molecule has 0 atom stereocenters. The van der Waals surface area contributed by atoms with Crippen LogP contribution < -0.4 is 0 Å². The van der Waals surface area contributed by atoms with Gasteiger partial charge in [0.05, 0.1) is 32.1 Å². The van der Waals surface area contributed by atoms with Gasteiger partial charge < -0.3 is 18.5 Å². The molecule has 5 nitrogen and oxygen atoms in total. The molecule has 0 aliphatic carbocycles. The first kappa shape index (κ1) is 15.1. The highest BCUT2D eigenvalue weighted by Crippen LogP contribution is 2.52. The Hall–Kier alpha value is 0.0700. The lowest BCUT2D eigenvalue weighted by Crippen LogP contribution is -2.11. The summed E-state index contributed by atoms with van der Waals surface area (Å²) in [6, 6.07) is 0. The van der Waals surface area contributed by atoms with Crippen molar-refractivity contribution in [1.82, 2.24) is 0 Å². The second-order valence-electron chi connectivity index (χ2n) is 3.29. The fraction of sp³-hybridized carbons (Fsp3) is 1.00. The molecular formula is C9H21O5P. The van der Waals surface area contributed by atoms with Crippen LogP contribution in [0.4, 0.5) is 0 Å². The van der Waals surface area contributed by atoms with Gasteiger partial charge in [0.1, 0.15) is 0 Å². The van der Waals surface area contributed by atoms with Gasteiger partial charge in [-0.25, -0.2) is 0 Å². The quantitative estimate of drug-likeness (QED) is 0.455. The van der Waals surface area contributed by atoms with E-state index in [1.807, 2.05) is 0 Å². The third-order valence-corrected chi connectivity index (χ3v) is 4.10. The third kappa shape index (κ3) is 6.28. The summed E-state index contributed by atoms with van der Waals surface area (Å²) in [5, 5.41) is 0. The zero-order chi connectivity index (χ0) is 11.7. The Kier molecular flexibility index (Phi) is 8.29. The van der Waals surface area contributed by atoms with Crippen LogP contribution in [-0.4, -0.2) is 46.3 Å². The first-order valence-corrected chi connectivity index (χ1v) is 6.54. The summed E-state index contributed by atoms with van der Waals surface area (Å²) in [5.74, 6) is 0. The zero-order valence-electron chi connectivity index (χ0n) is 9.89. The molecule has 6 heteroatoms. The van der Waals surface area contributed by atoms with Crippen molar-refractivity contribution in [2.75, 3.05) is 40.6 Å². The highest BCUT2D eigenvalue weighted by molar-refractivity contribution is 7.54. The zero-order valence-corrected chi connectivity index (χ0v) is 10.8. The van der Waals surface area contributed by atoms with Gasteiger partial charge in [0.15, 0.2) is 0 Å². The molecule has 0 aromatic heterocycles. The average molecular weight is 240 g/mol. The highest BCUT2D eigenvalue weighted by Gasteiger charge is 2.28. The van der Waals surface area contributed by atoms with E-state index in [-0.39, 0.29) is 18.9 Å². The van der Waals surface area contributed by atoms with Crippen LogP contribution in [0.1, 0.15) is 13.8 Å². The fourth-order valence-electron chi connectivity index (χ4n) is 0.831. The Morgan fingerprint density at radius 1 is 0.933 bits per heavy atom. The molecule has 0 aliphatic rings. The van der Waals surface area contributed by atoms with Crippen molar-refractivity contribution in [3.8, 4) is 0 Å². The molecule has 0 rings (SSSR count). The standard InChI is InChI=1S/C9H21O5P/c1-9(2)15(10,13-7-5-11-3)14-8-6-12-4/h9H,5-8H2,1-4H3. The molecular weight excluding hydrogens is 219 g/mol. The minimum atomic E-state index is -3.01. The largest absolute Gasteiger partial charge is 0.382 e. The van der Waals surface area contributed by atoms with Crippen LogP contribution in [0.2, 0.25) is 0 Å². The molecule has 0 aromatic rings. The molecule has 0 unspecified atom stereocenters. The Balaban J connectivity index is 4.02. The van der Waals surface area contributed by atoms with Crippen molar-refractivity contribution in [3.05, 3.63) is 0 Å². The van der Waals surface area contributed by atoms with E-state index in [0.29, 0.717) is 13.2 Å². The van der Waals surface area contributed by atoms with Crippen LogP contribution >= 0.6 is 7.60 Å². The van der Waals surface area contributed by atoms with Crippen molar-refractivity contribution < 1.29 is 23.1 Å². The van der Waals surface area contributed by atoms with Crippen LogP contribution in [0.3, 0.4) is 0 Å². The lowest BCUT2D eigenvalue weighted by Gasteiger charge is -2.21. The molecule has 0 spiro atoms. The minimum Gasteiger partial charge on any atom is -0.382 e. The van der Waals surface area contributed by atoms with E-state index >= 15 is 0 Å². The number of hydrogen-bond donors (Lipinski definition) is 0. The van der Waals surface area contributed by atoms with Crippen LogP contribution in [0, 0.1) is 0 Å². The van der Waals surface area contributed by atoms with Crippen molar-refractivity contribution >= 4 is 7.60 Å². The normalized spacial score (nSPS) is 12.3. The maximum absolute atomic E-state index is 12.1. The first-order valence-electron chi connectivity index (χ1n) is 4.93. The number of hydrogen-bond acceptors (Lipinski definition) is 5. The van der Waals surface area contributed by atoms with Crippen LogP contribution in [0.5, 0.6) is 0 Å². The lowest BCUT2D eigenvalue weighted by molar-refractivity contribution is 0.105. The van der Waals surface area contributed by atoms with Crippen LogP contribution in [0.25, 0.3) is 0 Å². The van der Waals surface area contributed by atoms with Gasteiger partial charge in [-0.05, 0) is 0 Å². The molecule has 0 N–H and O–H groups in total. The van der Waals surface area contributed by atoms with Gasteiger partial charge in [-0.3, -0.25) is 4.57 Å². The van der Waals surface area contributed by atoms with Gasteiger partial charge in [-0.2, -0.15) is 0 Å². The monoisotopic (exact) mass is 240 g/mol. The molecule has 92 valence electrons. The topological polar surface area (TPSA) is 54.0 Å². The molecule has 0 fully saturated rings. The van der Waals surface area contributed by atoms with E-state index in [1.165, 1.54) is 0 Å². The van der Waals surface area contributed by atoms with Crippen molar-refractivity contribution in [3.63, 3.8) is 0 Å². The van der Waals surface area contributed by atoms with E-state index < -0.39 is 7.60 Å². The summed E-state index contributed by atoms with van der Waals surface area (Å²) < 4.78 is 32.2. The van der Waals surface area contributed by atoms with Gasteiger partial charge in [0.2, 0.25) is 0 Å². The van der Waals surface area contributed by atoms with Crippen LogP contribution in [-0.2, 0) is 23.1 Å². The molecule has 0 saturated heterocycles. The Bertz CT molecular complexity index is 181. The predicted molar refractivity (Wildman–Crippen MR) is 58.4 cm³/mol. The SMILES string of the molecule is COCCOP(=O)(OCCOC)C(C)C. The average Bonchev–Trinajstić information content (AvgIpc) is 2.18. The smallest absolute Gasteiger partial charge is 0.333 e. The third-order valence-electron chi connectivity index (χ3n) is 1.75. The van der Waals surface area contributed by atoms with E-state index in [1.54, 1.807) is 28.1 Å². The van der Waals surface area contributed by atoms with Crippen molar-refractivity contribution in [2.45, 2.75) is 19.5 Å². The Labute approximate surface area is 91.6 Å². The molecule has 0 heterocycles. The fourth-order valence-corrected chi connectivity index (χ4v) is 2.16. The van der Waals surface area contributed by atoms with Crippen molar-refractivity contribution in [2.24, 2.45) is 0 Å². The highest BCUT2D eigenvalue weighted by atomic mass is 31.2. The molecule has 0 radical (unpaired) electrons. The molecule has 0 bridgehead atoms. The Morgan fingerprint density at radius 2 is 1.33 bits per heavy atom. The first-order chi connectivity index (χ1) is 7.06. The molecule has 15 heavy (non-hydrogen) atoms. The summed E-state index contributed by atoms with van der Waals surface area (Å²) in [7, 11) is 0.119. The maximum atomic E-state index is 12.1. The predicted octanol–water partition coefficient (Wildman–Crippen LogP) is 1.91. The second kappa shape index (κ2) is 8.25. The summed E-state index contributed by atoms with van der Waals surface area (Å²) in [5.41, 5.74) is -0.161. The Morgan fingerprint density at radius 3 is 1.60 bits per heavy atom. The van der Waals surface area contributed by atoms with Gasteiger partial charge in [-0.1, -0.05) is 13.8 Å². The van der Waals surface area contributed by atoms with Gasteiger partial charge in [0.25, 0.3) is 0 Å². The van der Waals surface area contributed by atoms with Gasteiger partial charge >= 0.3 is 7.60 Å². The van der Waals surface area contributed by atoms with Crippen molar-refractivity contribution in [1.29, 1.82) is 0 Å². The molecule has 0 amide bonds. The maximum Gasteiger partial charge on any atom is 0.333 e. The molecule has 0 aromatic carbocycles. The second-order valence-corrected chi connectivity index (χ2v) is 5.91. The summed E-state index contributed by atoms with van der Waals surface area (Å²) in [6.45, 7) is 4.98. The lowest BCUT2D eigenvalue weighted by atomic mass is 10.6. The van der Waals surface area contributed by atoms with E-state index in [0.717, 1.165) is 0 Å². The number of methoxy groups -OCH3 is 2. The van der Waals surface area contributed by atoms with E-state index in [9.17, 15) is 4.57 Å². The minimum absolute atomic E-state index is 0.161. The van der Waals surface area contributed by atoms with E-state index in [4.69, 9.17) is 18.5 Å². The molecule has 0 saturated carbocycles. The number of ether oxygens (including phenoxy) is 2. The van der Waals surface area contributed by atoms with E-state index in [2.05, 4.69) is 0 Å². The van der Waals surface area contributed by atoms with Gasteiger partial charge in [0, 0.05) is 14.2 Å². The van der Waals surface area contributed by atoms with Gasteiger partial charge in [-0.15, -0.1) is 0 Å². The number of rotatable bonds is 9. The van der Waals surface area contributed by atoms with Crippen LogP contribution in [0.15, 0.2) is 0 Å². The summed E-state index contributed by atoms with van der Waals surface area (Å²) in [4.78, 5) is 0. The summed E-state index contributed by atoms with van der Waals surface area (Å²) in [6.07, 6.45) is 0. The molecule has 0 aliphatic heterocycles. The summed E-state index contributed by atoms with van der Waals surface area (Å²) >= 11 is 0.